The van der Waals surface area contributed by atoms with Gasteiger partial charge in [0.05, 0.1) is 17.2 Å². The number of benzene rings is 2. The van der Waals surface area contributed by atoms with Crippen LogP contribution in [0.3, 0.4) is 0 Å². The summed E-state index contributed by atoms with van der Waals surface area (Å²) in [6, 6.07) is 18.6. The van der Waals surface area contributed by atoms with Crippen molar-refractivity contribution in [3.8, 4) is 0 Å². The number of aryl methyl sites for hydroxylation is 1. The highest BCUT2D eigenvalue weighted by Gasteiger charge is 2.04. The number of anilines is 1. The summed E-state index contributed by atoms with van der Waals surface area (Å²) < 4.78 is 2.08. The SMILES string of the molecule is CN(CCCN=Cc1nc2ccccc2n1C)c1ccccc1. The van der Waals surface area contributed by atoms with E-state index in [0.29, 0.717) is 0 Å². The number of hydrogen-bond acceptors (Lipinski definition) is 3. The highest BCUT2D eigenvalue weighted by Crippen LogP contribution is 2.13. The van der Waals surface area contributed by atoms with Crippen molar-refractivity contribution in [3.63, 3.8) is 0 Å². The Bertz CT molecular complexity index is 789. The van der Waals surface area contributed by atoms with E-state index in [0.717, 1.165) is 36.4 Å². The Balaban J connectivity index is 1.54. The molecule has 0 unspecified atom stereocenters. The molecule has 0 aliphatic carbocycles. The van der Waals surface area contributed by atoms with E-state index in [1.165, 1.54) is 5.69 Å². The first-order chi connectivity index (χ1) is 11.3. The van der Waals surface area contributed by atoms with Gasteiger partial charge in [-0.2, -0.15) is 0 Å². The lowest BCUT2D eigenvalue weighted by Crippen LogP contribution is -2.18. The van der Waals surface area contributed by atoms with Crippen molar-refractivity contribution in [2.75, 3.05) is 25.0 Å². The molecule has 0 saturated carbocycles. The number of rotatable bonds is 6. The molecule has 0 amide bonds. The second-order valence-electron chi connectivity index (χ2n) is 5.66. The first kappa shape index (κ1) is 15.3. The quantitative estimate of drug-likeness (QED) is 0.516. The van der Waals surface area contributed by atoms with Gasteiger partial charge >= 0.3 is 0 Å². The molecule has 2 aromatic carbocycles. The number of aliphatic imine (C=N–C) groups is 1. The summed E-state index contributed by atoms with van der Waals surface area (Å²) in [7, 11) is 4.14. The molecule has 0 fully saturated rings. The molecule has 4 heteroatoms. The zero-order chi connectivity index (χ0) is 16.1. The first-order valence-electron chi connectivity index (χ1n) is 7.93. The zero-order valence-corrected chi connectivity index (χ0v) is 13.7. The topological polar surface area (TPSA) is 33.4 Å². The van der Waals surface area contributed by atoms with Crippen molar-refractivity contribution >= 4 is 22.9 Å². The third-order valence-corrected chi connectivity index (χ3v) is 4.01. The van der Waals surface area contributed by atoms with Crippen LogP contribution in [0.2, 0.25) is 0 Å². The molecule has 1 heterocycles. The highest BCUT2D eigenvalue weighted by atomic mass is 15.1. The number of aromatic nitrogens is 2. The zero-order valence-electron chi connectivity index (χ0n) is 13.7. The molecule has 0 spiro atoms. The Morgan fingerprint density at radius 1 is 1.09 bits per heavy atom. The highest BCUT2D eigenvalue weighted by molar-refractivity contribution is 5.84. The second-order valence-corrected chi connectivity index (χ2v) is 5.66. The first-order valence-corrected chi connectivity index (χ1v) is 7.93. The average molecular weight is 306 g/mol. The van der Waals surface area contributed by atoms with Crippen molar-refractivity contribution in [2.45, 2.75) is 6.42 Å². The minimum atomic E-state index is 0.806. The second kappa shape index (κ2) is 7.09. The number of para-hydroxylation sites is 3. The number of imidazole rings is 1. The number of fused-ring (bicyclic) bond motifs is 1. The van der Waals surface area contributed by atoms with Crippen molar-refractivity contribution in [3.05, 3.63) is 60.4 Å². The van der Waals surface area contributed by atoms with Crippen LogP contribution in [0.5, 0.6) is 0 Å². The molecule has 0 aliphatic heterocycles. The molecular weight excluding hydrogens is 284 g/mol. The van der Waals surface area contributed by atoms with Gasteiger partial charge in [-0.15, -0.1) is 0 Å². The van der Waals surface area contributed by atoms with Gasteiger partial charge in [0.25, 0.3) is 0 Å². The third-order valence-electron chi connectivity index (χ3n) is 4.01. The Kier molecular flexibility index (Phi) is 4.71. The molecule has 23 heavy (non-hydrogen) atoms. The van der Waals surface area contributed by atoms with Crippen molar-refractivity contribution in [1.29, 1.82) is 0 Å². The molecule has 4 nitrogen and oxygen atoms in total. The largest absolute Gasteiger partial charge is 0.375 e. The maximum atomic E-state index is 4.60. The lowest BCUT2D eigenvalue weighted by molar-refractivity contribution is 0.797. The summed E-state index contributed by atoms with van der Waals surface area (Å²) in [4.78, 5) is 11.4. The normalized spacial score (nSPS) is 11.4. The molecule has 0 atom stereocenters. The van der Waals surface area contributed by atoms with Gasteiger partial charge in [-0.3, -0.25) is 4.99 Å². The fourth-order valence-electron chi connectivity index (χ4n) is 2.64. The summed E-state index contributed by atoms with van der Waals surface area (Å²) in [5.74, 6) is 0.905. The Labute approximate surface area is 137 Å². The minimum Gasteiger partial charge on any atom is -0.375 e. The van der Waals surface area contributed by atoms with Gasteiger partial charge in [0.1, 0.15) is 0 Å². The van der Waals surface area contributed by atoms with E-state index in [1.54, 1.807) is 0 Å². The maximum Gasteiger partial charge on any atom is 0.151 e. The Morgan fingerprint density at radius 3 is 2.61 bits per heavy atom. The minimum absolute atomic E-state index is 0.806. The van der Waals surface area contributed by atoms with Crippen LogP contribution in [0.1, 0.15) is 12.2 Å². The maximum absolute atomic E-state index is 4.60. The van der Waals surface area contributed by atoms with Crippen LogP contribution in [-0.2, 0) is 7.05 Å². The van der Waals surface area contributed by atoms with E-state index in [9.17, 15) is 0 Å². The van der Waals surface area contributed by atoms with Crippen molar-refractivity contribution in [1.82, 2.24) is 9.55 Å². The molecule has 0 aliphatic rings. The smallest absolute Gasteiger partial charge is 0.151 e. The molecule has 0 saturated heterocycles. The molecule has 3 rings (SSSR count). The van der Waals surface area contributed by atoms with E-state index >= 15 is 0 Å². The van der Waals surface area contributed by atoms with E-state index in [-0.39, 0.29) is 0 Å². The summed E-state index contributed by atoms with van der Waals surface area (Å²) in [5, 5.41) is 0. The standard InChI is InChI=1S/C19H22N4/c1-22(16-9-4-3-5-10-16)14-8-13-20-15-19-21-17-11-6-7-12-18(17)23(19)2/h3-7,9-12,15H,8,13-14H2,1-2H3. The van der Waals surface area contributed by atoms with Crippen LogP contribution in [0.4, 0.5) is 5.69 Å². The van der Waals surface area contributed by atoms with Crippen LogP contribution >= 0.6 is 0 Å². The molecule has 118 valence electrons. The average Bonchev–Trinajstić information content (AvgIpc) is 2.92. The van der Waals surface area contributed by atoms with E-state index in [2.05, 4.69) is 56.8 Å². The molecule has 3 aromatic rings. The van der Waals surface area contributed by atoms with E-state index < -0.39 is 0 Å². The molecule has 0 bridgehead atoms. The molecule has 0 N–H and O–H groups in total. The van der Waals surface area contributed by atoms with Gasteiger partial charge in [0.2, 0.25) is 0 Å². The third kappa shape index (κ3) is 3.59. The van der Waals surface area contributed by atoms with Crippen LogP contribution in [0.25, 0.3) is 11.0 Å². The van der Waals surface area contributed by atoms with Crippen molar-refractivity contribution < 1.29 is 0 Å². The lowest BCUT2D eigenvalue weighted by atomic mass is 10.3. The summed E-state index contributed by atoms with van der Waals surface area (Å²) in [5.41, 5.74) is 3.39. The molecular formula is C19H22N4. The van der Waals surface area contributed by atoms with Crippen LogP contribution in [0.15, 0.2) is 59.6 Å². The van der Waals surface area contributed by atoms with Crippen LogP contribution in [-0.4, -0.2) is 35.9 Å². The lowest BCUT2D eigenvalue weighted by Gasteiger charge is -2.18. The van der Waals surface area contributed by atoms with Crippen molar-refractivity contribution in [2.24, 2.45) is 12.0 Å². The Morgan fingerprint density at radius 2 is 1.83 bits per heavy atom. The van der Waals surface area contributed by atoms with Gasteiger partial charge in [-0.1, -0.05) is 30.3 Å². The predicted octanol–water partition coefficient (Wildman–Crippen LogP) is 3.52. The number of nitrogens with zero attached hydrogens (tertiary/aromatic N) is 4. The Hall–Kier alpha value is -2.62. The van der Waals surface area contributed by atoms with Gasteiger partial charge in [0, 0.05) is 32.9 Å². The van der Waals surface area contributed by atoms with Gasteiger partial charge in [-0.25, -0.2) is 4.98 Å². The molecule has 1 aromatic heterocycles. The van der Waals surface area contributed by atoms with Gasteiger partial charge in [-0.05, 0) is 30.7 Å². The van der Waals surface area contributed by atoms with Crippen LogP contribution < -0.4 is 4.90 Å². The predicted molar refractivity (Wildman–Crippen MR) is 97.5 cm³/mol. The fraction of sp³-hybridized carbons (Fsp3) is 0.263. The fourth-order valence-corrected chi connectivity index (χ4v) is 2.64. The number of hydrogen-bond donors (Lipinski definition) is 0. The van der Waals surface area contributed by atoms with Gasteiger partial charge in [0.15, 0.2) is 5.82 Å². The van der Waals surface area contributed by atoms with E-state index in [1.807, 2.05) is 37.5 Å². The summed E-state index contributed by atoms with van der Waals surface area (Å²) in [6.07, 6.45) is 2.90. The van der Waals surface area contributed by atoms with Crippen LogP contribution in [0, 0.1) is 0 Å². The summed E-state index contributed by atoms with van der Waals surface area (Å²) in [6.45, 7) is 1.80. The van der Waals surface area contributed by atoms with Gasteiger partial charge < -0.3 is 9.47 Å². The summed E-state index contributed by atoms with van der Waals surface area (Å²) >= 11 is 0. The van der Waals surface area contributed by atoms with E-state index in [4.69, 9.17) is 0 Å². The molecule has 0 radical (unpaired) electrons. The monoisotopic (exact) mass is 306 g/mol.